The van der Waals surface area contributed by atoms with Crippen LogP contribution in [-0.4, -0.2) is 28.2 Å². The number of carboxylic acid groups (broad SMARTS) is 1. The van der Waals surface area contributed by atoms with Gasteiger partial charge in [0, 0.05) is 11.6 Å². The van der Waals surface area contributed by atoms with Gasteiger partial charge in [0.05, 0.1) is 13.4 Å². The normalized spacial score (nSPS) is 11.0. The Balaban J connectivity index is 2.41. The maximum Gasteiger partial charge on any atom is 0.339 e. The van der Waals surface area contributed by atoms with Gasteiger partial charge in [-0.25, -0.2) is 14.8 Å². The van der Waals surface area contributed by atoms with Crippen molar-refractivity contribution in [2.24, 2.45) is 0 Å². The van der Waals surface area contributed by atoms with E-state index in [2.05, 4.69) is 9.97 Å². The number of para-hydroxylation sites is 1. The van der Waals surface area contributed by atoms with Crippen LogP contribution in [0.5, 0.6) is 11.6 Å². The first-order valence-corrected chi connectivity index (χ1v) is 6.20. The molecule has 0 saturated carbocycles. The summed E-state index contributed by atoms with van der Waals surface area (Å²) in [5.41, 5.74) is 0.329. The topological polar surface area (TPSA) is 81.5 Å². The number of carbonyl (C=O) groups is 1. The smallest absolute Gasteiger partial charge is 0.339 e. The maximum atomic E-state index is 11.3. The van der Waals surface area contributed by atoms with Gasteiger partial charge in [-0.1, -0.05) is 29.8 Å². The molecule has 0 spiro atoms. The van der Waals surface area contributed by atoms with Crippen molar-refractivity contribution in [1.29, 1.82) is 0 Å². The Morgan fingerprint density at radius 2 is 2.10 bits per heavy atom. The molecule has 0 saturated heterocycles. The minimum Gasteiger partial charge on any atom is -0.503 e. The lowest BCUT2D eigenvalue weighted by molar-refractivity contribution is -0.130. The van der Waals surface area contributed by atoms with E-state index in [0.29, 0.717) is 11.3 Å². The lowest BCUT2D eigenvalue weighted by Gasteiger charge is -2.10. The number of nitrogens with zero attached hydrogens (tertiary/aromatic N) is 2. The molecule has 0 aliphatic carbocycles. The predicted molar refractivity (Wildman–Crippen MR) is 76.2 cm³/mol. The van der Waals surface area contributed by atoms with Gasteiger partial charge in [0.1, 0.15) is 22.8 Å². The van der Waals surface area contributed by atoms with Crippen molar-refractivity contribution in [3.05, 3.63) is 53.6 Å². The fourth-order valence-corrected chi connectivity index (χ4v) is 1.75. The predicted octanol–water partition coefficient (Wildman–Crippen LogP) is 2.99. The molecule has 6 nitrogen and oxygen atoms in total. The molecule has 0 aliphatic heterocycles. The van der Waals surface area contributed by atoms with Gasteiger partial charge in [0.25, 0.3) is 0 Å². The Labute approximate surface area is 125 Å². The van der Waals surface area contributed by atoms with Crippen molar-refractivity contribution in [2.45, 2.75) is 0 Å². The molecule has 2 rings (SSSR count). The second-order valence-electron chi connectivity index (χ2n) is 3.85. The number of methoxy groups -OCH3 is 1. The van der Waals surface area contributed by atoms with Crippen LogP contribution in [0.3, 0.4) is 0 Å². The van der Waals surface area contributed by atoms with Crippen molar-refractivity contribution < 1.29 is 19.4 Å². The van der Waals surface area contributed by atoms with Gasteiger partial charge in [-0.2, -0.15) is 0 Å². The Bertz CT molecular complexity index is 688. The Kier molecular flexibility index (Phi) is 4.73. The third kappa shape index (κ3) is 3.70. The van der Waals surface area contributed by atoms with E-state index in [1.54, 1.807) is 24.3 Å². The van der Waals surface area contributed by atoms with E-state index in [-0.39, 0.29) is 16.6 Å². The quantitative estimate of drug-likeness (QED) is 0.519. The first kappa shape index (κ1) is 14.8. The number of ether oxygens (including phenoxy) is 2. The highest BCUT2D eigenvalue weighted by Gasteiger charge is 2.16. The molecule has 0 atom stereocenters. The summed E-state index contributed by atoms with van der Waals surface area (Å²) in [4.78, 5) is 19.0. The average molecular weight is 307 g/mol. The van der Waals surface area contributed by atoms with Gasteiger partial charge in [0.15, 0.2) is 0 Å². The average Bonchev–Trinajstić information content (AvgIpc) is 2.45. The largest absolute Gasteiger partial charge is 0.503 e. The first-order chi connectivity index (χ1) is 10.1. The van der Waals surface area contributed by atoms with Crippen LogP contribution in [0.4, 0.5) is 0 Å². The Morgan fingerprint density at radius 3 is 2.76 bits per heavy atom. The van der Waals surface area contributed by atoms with E-state index < -0.39 is 5.97 Å². The van der Waals surface area contributed by atoms with Gasteiger partial charge in [0.2, 0.25) is 5.88 Å². The fourth-order valence-electron chi connectivity index (χ4n) is 1.61. The van der Waals surface area contributed by atoms with E-state index in [0.717, 1.165) is 6.26 Å². The summed E-state index contributed by atoms with van der Waals surface area (Å²) in [6.45, 7) is 0. The van der Waals surface area contributed by atoms with Crippen molar-refractivity contribution in [1.82, 2.24) is 9.97 Å². The molecule has 1 aromatic carbocycles. The molecule has 0 fully saturated rings. The van der Waals surface area contributed by atoms with Gasteiger partial charge < -0.3 is 14.6 Å². The maximum absolute atomic E-state index is 11.3. The summed E-state index contributed by atoms with van der Waals surface area (Å²) >= 11 is 5.76. The SMILES string of the molecule is CO/C=C(\C(=O)O)c1ccccc1Oc1cc(Cl)ncn1. The Hall–Kier alpha value is -2.60. The van der Waals surface area contributed by atoms with Gasteiger partial charge in [-0.3, -0.25) is 0 Å². The molecule has 0 aliphatic rings. The second-order valence-corrected chi connectivity index (χ2v) is 4.24. The first-order valence-electron chi connectivity index (χ1n) is 5.83. The highest BCUT2D eigenvalue weighted by atomic mass is 35.5. The number of hydrogen-bond donors (Lipinski definition) is 1. The van der Waals surface area contributed by atoms with Crippen LogP contribution in [0.15, 0.2) is 42.9 Å². The van der Waals surface area contributed by atoms with E-state index in [1.807, 2.05) is 0 Å². The summed E-state index contributed by atoms with van der Waals surface area (Å²) in [6.07, 6.45) is 2.39. The molecule has 0 bridgehead atoms. The van der Waals surface area contributed by atoms with Crippen molar-refractivity contribution >= 4 is 23.1 Å². The van der Waals surface area contributed by atoms with Crippen molar-refractivity contribution in [2.75, 3.05) is 7.11 Å². The lowest BCUT2D eigenvalue weighted by Crippen LogP contribution is -2.02. The zero-order valence-corrected chi connectivity index (χ0v) is 11.7. The highest BCUT2D eigenvalue weighted by molar-refractivity contribution is 6.29. The van der Waals surface area contributed by atoms with Gasteiger partial charge in [-0.05, 0) is 6.07 Å². The molecule has 1 N–H and O–H groups in total. The summed E-state index contributed by atoms with van der Waals surface area (Å²) < 4.78 is 10.4. The molecule has 0 amide bonds. The van der Waals surface area contributed by atoms with Crippen LogP contribution in [0.1, 0.15) is 5.56 Å². The zero-order chi connectivity index (χ0) is 15.2. The van der Waals surface area contributed by atoms with E-state index in [9.17, 15) is 9.90 Å². The van der Waals surface area contributed by atoms with E-state index in [1.165, 1.54) is 19.5 Å². The van der Waals surface area contributed by atoms with Crippen LogP contribution >= 0.6 is 11.6 Å². The van der Waals surface area contributed by atoms with E-state index >= 15 is 0 Å². The van der Waals surface area contributed by atoms with Gasteiger partial charge in [-0.15, -0.1) is 0 Å². The molecule has 21 heavy (non-hydrogen) atoms. The van der Waals surface area contributed by atoms with Crippen molar-refractivity contribution in [3.63, 3.8) is 0 Å². The number of aromatic nitrogens is 2. The number of hydrogen-bond acceptors (Lipinski definition) is 5. The van der Waals surface area contributed by atoms with E-state index in [4.69, 9.17) is 21.1 Å². The van der Waals surface area contributed by atoms with Crippen LogP contribution in [0.25, 0.3) is 5.57 Å². The van der Waals surface area contributed by atoms with Crippen LogP contribution in [0.2, 0.25) is 5.15 Å². The number of halogens is 1. The van der Waals surface area contributed by atoms with Crippen LogP contribution < -0.4 is 4.74 Å². The molecule has 0 radical (unpaired) electrons. The molecule has 1 heterocycles. The third-order valence-corrected chi connectivity index (χ3v) is 2.67. The summed E-state index contributed by atoms with van der Waals surface area (Å²) in [5.74, 6) is -0.601. The van der Waals surface area contributed by atoms with Crippen LogP contribution in [-0.2, 0) is 9.53 Å². The highest BCUT2D eigenvalue weighted by Crippen LogP contribution is 2.30. The minimum absolute atomic E-state index is 0.0340. The number of benzene rings is 1. The molecule has 7 heteroatoms. The van der Waals surface area contributed by atoms with Crippen molar-refractivity contribution in [3.8, 4) is 11.6 Å². The standard InChI is InChI=1S/C14H11ClN2O4/c1-20-7-10(14(18)19)9-4-2-3-5-11(9)21-13-6-12(15)16-8-17-13/h2-8H,1H3,(H,18,19)/b10-7-. The molecule has 1 aromatic heterocycles. The molecule has 108 valence electrons. The number of aliphatic carboxylic acids is 1. The molecular weight excluding hydrogens is 296 g/mol. The Morgan fingerprint density at radius 1 is 1.33 bits per heavy atom. The molecule has 0 unspecified atom stereocenters. The monoisotopic (exact) mass is 306 g/mol. The van der Waals surface area contributed by atoms with Crippen LogP contribution in [0, 0.1) is 0 Å². The third-order valence-electron chi connectivity index (χ3n) is 2.47. The minimum atomic E-state index is -1.13. The molecular formula is C14H11ClN2O4. The number of carboxylic acids is 1. The summed E-state index contributed by atoms with van der Waals surface area (Å²) in [5, 5.41) is 9.47. The summed E-state index contributed by atoms with van der Waals surface area (Å²) in [7, 11) is 1.37. The lowest BCUT2D eigenvalue weighted by atomic mass is 10.1. The second kappa shape index (κ2) is 6.71. The van der Waals surface area contributed by atoms with Gasteiger partial charge >= 0.3 is 5.97 Å². The molecule has 2 aromatic rings. The fraction of sp³-hybridized carbons (Fsp3) is 0.0714. The zero-order valence-electron chi connectivity index (χ0n) is 11.0. The summed E-state index contributed by atoms with van der Waals surface area (Å²) in [6, 6.07) is 8.07. The number of rotatable bonds is 5.